The van der Waals surface area contributed by atoms with Gasteiger partial charge in [0.1, 0.15) is 0 Å². The Morgan fingerprint density at radius 1 is 0.871 bits per heavy atom. The third kappa shape index (κ3) is 4.32. The summed E-state index contributed by atoms with van der Waals surface area (Å²) in [6.45, 7) is 6.53. The van der Waals surface area contributed by atoms with E-state index in [0.717, 1.165) is 29.9 Å². The van der Waals surface area contributed by atoms with E-state index in [2.05, 4.69) is 22.0 Å². The van der Waals surface area contributed by atoms with Crippen LogP contribution in [0.3, 0.4) is 0 Å². The van der Waals surface area contributed by atoms with Gasteiger partial charge in [-0.25, -0.2) is 13.4 Å². The largest absolute Gasteiger partial charge is 0.368 e. The van der Waals surface area contributed by atoms with Crippen LogP contribution in [-0.4, -0.2) is 50.4 Å². The van der Waals surface area contributed by atoms with E-state index >= 15 is 0 Å². The Morgan fingerprint density at radius 2 is 1.58 bits per heavy atom. The molecule has 0 spiro atoms. The van der Waals surface area contributed by atoms with E-state index in [4.69, 9.17) is 0 Å². The van der Waals surface area contributed by atoms with E-state index < -0.39 is 9.84 Å². The van der Waals surface area contributed by atoms with Crippen LogP contribution in [0.4, 0.5) is 5.69 Å². The maximum atomic E-state index is 12.9. The lowest BCUT2D eigenvalue weighted by atomic mass is 10.1. The van der Waals surface area contributed by atoms with Crippen molar-refractivity contribution in [2.45, 2.75) is 23.8 Å². The van der Waals surface area contributed by atoms with Crippen LogP contribution in [0.1, 0.15) is 21.5 Å². The molecule has 0 aliphatic carbocycles. The highest BCUT2D eigenvalue weighted by atomic mass is 32.2. The van der Waals surface area contributed by atoms with E-state index in [1.54, 1.807) is 29.2 Å². The van der Waals surface area contributed by atoms with Crippen LogP contribution in [0.2, 0.25) is 0 Å². The molecule has 1 saturated heterocycles. The summed E-state index contributed by atoms with van der Waals surface area (Å²) >= 11 is 0. The number of benzene rings is 2. The van der Waals surface area contributed by atoms with Crippen molar-refractivity contribution in [3.8, 4) is 0 Å². The van der Waals surface area contributed by atoms with Crippen molar-refractivity contribution in [1.82, 2.24) is 9.88 Å². The van der Waals surface area contributed by atoms with Crippen LogP contribution in [0, 0.1) is 13.8 Å². The van der Waals surface area contributed by atoms with Crippen LogP contribution in [0.15, 0.2) is 76.8 Å². The first-order chi connectivity index (χ1) is 14.9. The molecule has 0 unspecified atom stereocenters. The molecule has 2 heterocycles. The number of hydrogen-bond donors (Lipinski definition) is 0. The number of carbonyl (C=O) groups excluding carboxylic acids is 1. The lowest BCUT2D eigenvalue weighted by Gasteiger charge is -2.36. The van der Waals surface area contributed by atoms with Crippen LogP contribution < -0.4 is 4.90 Å². The van der Waals surface area contributed by atoms with Crippen molar-refractivity contribution in [1.29, 1.82) is 0 Å². The summed E-state index contributed by atoms with van der Waals surface area (Å²) in [4.78, 5) is 21.2. The molecular formula is C24H25N3O3S. The average Bonchev–Trinajstić information content (AvgIpc) is 2.81. The first-order valence-electron chi connectivity index (χ1n) is 10.2. The Labute approximate surface area is 183 Å². The second-order valence-electron chi connectivity index (χ2n) is 7.75. The molecule has 1 aromatic heterocycles. The zero-order chi connectivity index (χ0) is 22.0. The van der Waals surface area contributed by atoms with Crippen LogP contribution in [0.5, 0.6) is 0 Å². The molecule has 1 aliphatic rings. The molecule has 3 aromatic rings. The van der Waals surface area contributed by atoms with E-state index in [1.165, 1.54) is 12.3 Å². The summed E-state index contributed by atoms with van der Waals surface area (Å²) in [6.07, 6.45) is 1.36. The SMILES string of the molecule is Cc1ccc(S(=O)(=O)c2ccc(C(=O)N3CCN(c4ccccc4)CC3)cn2)cc1C. The molecule has 7 heteroatoms. The maximum absolute atomic E-state index is 12.9. The summed E-state index contributed by atoms with van der Waals surface area (Å²) in [5.74, 6) is -0.129. The molecule has 0 radical (unpaired) electrons. The number of aromatic nitrogens is 1. The Bertz CT molecular complexity index is 1180. The summed E-state index contributed by atoms with van der Waals surface area (Å²) in [7, 11) is -3.73. The minimum absolute atomic E-state index is 0.0544. The van der Waals surface area contributed by atoms with Crippen molar-refractivity contribution in [3.63, 3.8) is 0 Å². The fraction of sp³-hybridized carbons (Fsp3) is 0.250. The number of hydrogen-bond acceptors (Lipinski definition) is 5. The first-order valence-corrected chi connectivity index (χ1v) is 11.7. The number of rotatable bonds is 4. The van der Waals surface area contributed by atoms with Gasteiger partial charge in [0.05, 0.1) is 10.5 Å². The molecule has 1 aliphatic heterocycles. The van der Waals surface area contributed by atoms with E-state index in [9.17, 15) is 13.2 Å². The molecule has 0 bridgehead atoms. The number of sulfone groups is 1. The van der Waals surface area contributed by atoms with Gasteiger partial charge < -0.3 is 9.80 Å². The Balaban J connectivity index is 1.45. The van der Waals surface area contributed by atoms with Gasteiger partial charge in [-0.3, -0.25) is 4.79 Å². The van der Waals surface area contributed by atoms with Crippen molar-refractivity contribution in [2.24, 2.45) is 0 Å². The third-order valence-corrected chi connectivity index (χ3v) is 7.40. The number of anilines is 1. The number of carbonyl (C=O) groups is 1. The van der Waals surface area contributed by atoms with Crippen LogP contribution in [-0.2, 0) is 9.84 Å². The molecule has 0 N–H and O–H groups in total. The van der Waals surface area contributed by atoms with Gasteiger partial charge in [-0.2, -0.15) is 0 Å². The summed E-state index contributed by atoms with van der Waals surface area (Å²) in [6, 6.07) is 18.1. The highest BCUT2D eigenvalue weighted by molar-refractivity contribution is 7.91. The Kier molecular flexibility index (Phi) is 5.78. The van der Waals surface area contributed by atoms with Crippen molar-refractivity contribution < 1.29 is 13.2 Å². The van der Waals surface area contributed by atoms with Crippen LogP contribution in [0.25, 0.3) is 0 Å². The topological polar surface area (TPSA) is 70.6 Å². The monoisotopic (exact) mass is 435 g/mol. The lowest BCUT2D eigenvalue weighted by Crippen LogP contribution is -2.48. The smallest absolute Gasteiger partial charge is 0.255 e. The number of pyridine rings is 1. The molecule has 0 saturated carbocycles. The van der Waals surface area contributed by atoms with E-state index in [0.29, 0.717) is 18.7 Å². The van der Waals surface area contributed by atoms with Crippen molar-refractivity contribution in [3.05, 3.63) is 83.6 Å². The number of aryl methyl sites for hydroxylation is 2. The molecule has 31 heavy (non-hydrogen) atoms. The summed E-state index contributed by atoms with van der Waals surface area (Å²) in [5, 5.41) is -0.0544. The van der Waals surface area contributed by atoms with Crippen molar-refractivity contribution in [2.75, 3.05) is 31.1 Å². The Hall–Kier alpha value is -3.19. The first kappa shape index (κ1) is 21.1. The number of nitrogens with zero attached hydrogens (tertiary/aromatic N) is 3. The van der Waals surface area contributed by atoms with Gasteiger partial charge in [-0.1, -0.05) is 24.3 Å². The minimum atomic E-state index is -3.73. The molecule has 0 atom stereocenters. The van der Waals surface area contributed by atoms with E-state index in [-0.39, 0.29) is 15.8 Å². The van der Waals surface area contributed by atoms with Gasteiger partial charge in [0.25, 0.3) is 5.91 Å². The zero-order valence-electron chi connectivity index (χ0n) is 17.7. The minimum Gasteiger partial charge on any atom is -0.368 e. The molecule has 2 aromatic carbocycles. The average molecular weight is 436 g/mol. The van der Waals surface area contributed by atoms with E-state index in [1.807, 2.05) is 32.0 Å². The summed E-state index contributed by atoms with van der Waals surface area (Å²) in [5.41, 5.74) is 3.48. The van der Waals surface area contributed by atoms with Gasteiger partial charge in [0, 0.05) is 38.1 Å². The third-order valence-electron chi connectivity index (χ3n) is 5.74. The van der Waals surface area contributed by atoms with Gasteiger partial charge in [0.15, 0.2) is 5.03 Å². The number of amides is 1. The Morgan fingerprint density at radius 3 is 2.19 bits per heavy atom. The number of para-hydroxylation sites is 1. The summed E-state index contributed by atoms with van der Waals surface area (Å²) < 4.78 is 25.8. The quantitative estimate of drug-likeness (QED) is 0.627. The maximum Gasteiger partial charge on any atom is 0.255 e. The molecule has 1 fully saturated rings. The molecular weight excluding hydrogens is 410 g/mol. The second kappa shape index (κ2) is 8.51. The van der Waals surface area contributed by atoms with Gasteiger partial charge >= 0.3 is 0 Å². The normalized spacial score (nSPS) is 14.5. The fourth-order valence-electron chi connectivity index (χ4n) is 3.66. The standard InChI is InChI=1S/C24H25N3O3S/c1-18-8-10-22(16-19(18)2)31(29,30)23-11-9-20(17-25-23)24(28)27-14-12-26(13-15-27)21-6-4-3-5-7-21/h3-11,16-17H,12-15H2,1-2H3. The lowest BCUT2D eigenvalue weighted by molar-refractivity contribution is 0.0746. The van der Waals surface area contributed by atoms with Crippen molar-refractivity contribution >= 4 is 21.4 Å². The van der Waals surface area contributed by atoms with Crippen LogP contribution >= 0.6 is 0 Å². The van der Waals surface area contributed by atoms with Gasteiger partial charge in [0.2, 0.25) is 9.84 Å². The highest BCUT2D eigenvalue weighted by Gasteiger charge is 2.24. The van der Waals surface area contributed by atoms with Gasteiger partial charge in [-0.15, -0.1) is 0 Å². The highest BCUT2D eigenvalue weighted by Crippen LogP contribution is 2.22. The molecule has 4 rings (SSSR count). The second-order valence-corrected chi connectivity index (χ2v) is 9.65. The number of piperazine rings is 1. The molecule has 6 nitrogen and oxygen atoms in total. The predicted octanol–water partition coefficient (Wildman–Crippen LogP) is 3.49. The fourth-order valence-corrected chi connectivity index (χ4v) is 4.92. The van der Waals surface area contributed by atoms with Gasteiger partial charge in [-0.05, 0) is 61.4 Å². The molecule has 1 amide bonds. The zero-order valence-corrected chi connectivity index (χ0v) is 18.5. The molecule has 160 valence electrons. The predicted molar refractivity (Wildman–Crippen MR) is 120 cm³/mol.